The van der Waals surface area contributed by atoms with Gasteiger partial charge in [-0.25, -0.2) is 0 Å². The fraction of sp³-hybridized carbons (Fsp3) is 0.222. The Balaban J connectivity index is 2.18. The number of nitrogens with one attached hydrogen (secondary N) is 2. The molecule has 0 saturated carbocycles. The lowest BCUT2D eigenvalue weighted by molar-refractivity contribution is -0.115. The van der Waals surface area contributed by atoms with Crippen molar-refractivity contribution in [1.82, 2.24) is 0 Å². The van der Waals surface area contributed by atoms with E-state index in [0.717, 1.165) is 22.5 Å². The molecule has 5 nitrogen and oxygen atoms in total. The van der Waals surface area contributed by atoms with E-state index < -0.39 is 0 Å². The highest BCUT2D eigenvalue weighted by Gasteiger charge is 2.13. The van der Waals surface area contributed by atoms with Crippen molar-refractivity contribution >= 4 is 23.2 Å². The molecule has 0 fully saturated rings. The van der Waals surface area contributed by atoms with Gasteiger partial charge in [0.15, 0.2) is 0 Å². The SMILES string of the molecule is CC(=O)Nc1ccc(C(CO)c2ccc(NC(C)=O)cc2)cc1. The molecule has 0 aliphatic rings. The Bertz CT molecular complexity index is 619. The molecule has 0 bridgehead atoms. The maximum absolute atomic E-state index is 11.0. The predicted molar refractivity (Wildman–Crippen MR) is 90.4 cm³/mol. The van der Waals surface area contributed by atoms with E-state index in [0.29, 0.717) is 0 Å². The topological polar surface area (TPSA) is 78.4 Å². The minimum absolute atomic E-state index is 0.0288. The Hall–Kier alpha value is -2.66. The monoisotopic (exact) mass is 312 g/mol. The van der Waals surface area contributed by atoms with Crippen LogP contribution in [0.3, 0.4) is 0 Å². The molecule has 0 aliphatic carbocycles. The molecule has 5 heteroatoms. The summed E-state index contributed by atoms with van der Waals surface area (Å²) in [5.41, 5.74) is 3.35. The summed E-state index contributed by atoms with van der Waals surface area (Å²) in [7, 11) is 0. The van der Waals surface area contributed by atoms with Gasteiger partial charge in [-0.1, -0.05) is 24.3 Å². The second-order valence-electron chi connectivity index (χ2n) is 5.34. The molecule has 0 aromatic heterocycles. The van der Waals surface area contributed by atoms with Gasteiger partial charge >= 0.3 is 0 Å². The van der Waals surface area contributed by atoms with Gasteiger partial charge in [0.1, 0.15) is 0 Å². The predicted octanol–water partition coefficient (Wildman–Crippen LogP) is 2.73. The molecule has 0 atom stereocenters. The van der Waals surface area contributed by atoms with Crippen LogP contribution in [0, 0.1) is 0 Å². The first-order valence-corrected chi connectivity index (χ1v) is 7.35. The van der Waals surface area contributed by atoms with Gasteiger partial charge in [0, 0.05) is 31.1 Å². The van der Waals surface area contributed by atoms with Gasteiger partial charge in [-0.05, 0) is 35.4 Å². The van der Waals surface area contributed by atoms with Crippen molar-refractivity contribution in [3.05, 3.63) is 59.7 Å². The molecular formula is C18H20N2O3. The third-order valence-electron chi connectivity index (χ3n) is 3.45. The number of carbonyl (C=O) groups is 2. The third kappa shape index (κ3) is 4.66. The quantitative estimate of drug-likeness (QED) is 0.794. The van der Waals surface area contributed by atoms with Crippen molar-refractivity contribution in [2.45, 2.75) is 19.8 Å². The number of aliphatic hydroxyl groups is 1. The molecule has 0 spiro atoms. The average molecular weight is 312 g/mol. The molecule has 2 rings (SSSR count). The van der Waals surface area contributed by atoms with Gasteiger partial charge in [0.25, 0.3) is 0 Å². The van der Waals surface area contributed by atoms with Crippen molar-refractivity contribution in [3.8, 4) is 0 Å². The van der Waals surface area contributed by atoms with E-state index in [9.17, 15) is 14.7 Å². The first-order chi connectivity index (χ1) is 11.0. The van der Waals surface area contributed by atoms with Crippen LogP contribution < -0.4 is 10.6 Å². The zero-order valence-corrected chi connectivity index (χ0v) is 13.2. The summed E-state index contributed by atoms with van der Waals surface area (Å²) in [6.07, 6.45) is 0. The number of anilines is 2. The van der Waals surface area contributed by atoms with E-state index in [1.54, 1.807) is 0 Å². The lowest BCUT2D eigenvalue weighted by Crippen LogP contribution is -2.09. The minimum atomic E-state index is -0.159. The fourth-order valence-corrected chi connectivity index (χ4v) is 2.41. The molecule has 3 N–H and O–H groups in total. The number of rotatable bonds is 5. The van der Waals surface area contributed by atoms with Gasteiger partial charge in [-0.15, -0.1) is 0 Å². The fourth-order valence-electron chi connectivity index (χ4n) is 2.41. The standard InChI is InChI=1S/C18H20N2O3/c1-12(22)19-16-7-3-14(4-8-16)18(11-21)15-5-9-17(10-6-15)20-13(2)23/h3-10,18,21H,11H2,1-2H3,(H,19,22)(H,20,23). The summed E-state index contributed by atoms with van der Waals surface area (Å²) in [5.74, 6) is -0.400. The van der Waals surface area contributed by atoms with Crippen LogP contribution in [0.15, 0.2) is 48.5 Å². The molecule has 0 unspecified atom stereocenters. The first kappa shape index (κ1) is 16.7. The lowest BCUT2D eigenvalue weighted by atomic mass is 9.92. The Morgan fingerprint density at radius 2 is 1.17 bits per heavy atom. The van der Waals surface area contributed by atoms with Crippen molar-refractivity contribution in [1.29, 1.82) is 0 Å². The number of amides is 2. The van der Waals surface area contributed by atoms with E-state index in [2.05, 4.69) is 10.6 Å². The zero-order valence-electron chi connectivity index (χ0n) is 13.2. The van der Waals surface area contributed by atoms with Crippen LogP contribution in [0.5, 0.6) is 0 Å². The molecule has 2 aromatic rings. The summed E-state index contributed by atoms with van der Waals surface area (Å²) >= 11 is 0. The maximum atomic E-state index is 11.0. The van der Waals surface area contributed by atoms with Crippen LogP contribution in [0.25, 0.3) is 0 Å². The average Bonchev–Trinajstić information content (AvgIpc) is 2.50. The largest absolute Gasteiger partial charge is 0.395 e. The number of aliphatic hydroxyl groups excluding tert-OH is 1. The van der Waals surface area contributed by atoms with Crippen LogP contribution in [0.1, 0.15) is 30.9 Å². The first-order valence-electron chi connectivity index (χ1n) is 7.35. The summed E-state index contributed by atoms with van der Waals surface area (Å²) in [4.78, 5) is 22.1. The highest BCUT2D eigenvalue weighted by atomic mass is 16.3. The maximum Gasteiger partial charge on any atom is 0.221 e. The Labute approximate surface area is 135 Å². The van der Waals surface area contributed by atoms with Crippen LogP contribution in [0.4, 0.5) is 11.4 Å². The molecule has 2 amide bonds. The van der Waals surface area contributed by atoms with Crippen molar-refractivity contribution in [3.63, 3.8) is 0 Å². The summed E-state index contributed by atoms with van der Waals surface area (Å²) in [5, 5.41) is 15.1. The molecule has 0 aliphatic heterocycles. The van der Waals surface area contributed by atoms with Crippen LogP contribution in [-0.4, -0.2) is 23.5 Å². The van der Waals surface area contributed by atoms with Gasteiger partial charge in [0.05, 0.1) is 6.61 Å². The normalized spacial score (nSPS) is 10.4. The van der Waals surface area contributed by atoms with E-state index in [1.165, 1.54) is 13.8 Å². The number of hydrogen-bond donors (Lipinski definition) is 3. The molecule has 120 valence electrons. The highest BCUT2D eigenvalue weighted by molar-refractivity contribution is 5.89. The summed E-state index contributed by atoms with van der Waals surface area (Å²) in [6.45, 7) is 2.89. The molecule has 2 aromatic carbocycles. The van der Waals surface area contributed by atoms with Crippen molar-refractivity contribution < 1.29 is 14.7 Å². The van der Waals surface area contributed by atoms with E-state index in [1.807, 2.05) is 48.5 Å². The van der Waals surface area contributed by atoms with Crippen molar-refractivity contribution in [2.24, 2.45) is 0 Å². The summed E-state index contributed by atoms with van der Waals surface area (Å²) < 4.78 is 0. The molecule has 23 heavy (non-hydrogen) atoms. The Morgan fingerprint density at radius 1 is 0.826 bits per heavy atom. The number of hydrogen-bond acceptors (Lipinski definition) is 3. The smallest absolute Gasteiger partial charge is 0.221 e. The van der Waals surface area contributed by atoms with Gasteiger partial charge in [-0.2, -0.15) is 0 Å². The van der Waals surface area contributed by atoms with Gasteiger partial charge in [0.2, 0.25) is 11.8 Å². The van der Waals surface area contributed by atoms with Gasteiger partial charge in [-0.3, -0.25) is 9.59 Å². The second-order valence-corrected chi connectivity index (χ2v) is 5.34. The van der Waals surface area contributed by atoms with Crippen molar-refractivity contribution in [2.75, 3.05) is 17.2 Å². The zero-order chi connectivity index (χ0) is 16.8. The van der Waals surface area contributed by atoms with Crippen LogP contribution in [0.2, 0.25) is 0 Å². The minimum Gasteiger partial charge on any atom is -0.395 e. The Morgan fingerprint density at radius 3 is 1.43 bits per heavy atom. The molecule has 0 radical (unpaired) electrons. The van der Waals surface area contributed by atoms with Crippen LogP contribution in [-0.2, 0) is 9.59 Å². The molecular weight excluding hydrogens is 292 g/mol. The third-order valence-corrected chi connectivity index (χ3v) is 3.45. The molecule has 0 heterocycles. The summed E-state index contributed by atoms with van der Waals surface area (Å²) in [6, 6.07) is 14.8. The number of carbonyl (C=O) groups excluding carboxylic acids is 2. The number of benzene rings is 2. The molecule has 0 saturated heterocycles. The van der Waals surface area contributed by atoms with Crippen LogP contribution >= 0.6 is 0 Å². The van der Waals surface area contributed by atoms with E-state index in [4.69, 9.17) is 0 Å². The second kappa shape index (κ2) is 7.56. The highest BCUT2D eigenvalue weighted by Crippen LogP contribution is 2.26. The lowest BCUT2D eigenvalue weighted by Gasteiger charge is -2.16. The Kier molecular flexibility index (Phi) is 5.49. The van der Waals surface area contributed by atoms with Gasteiger partial charge < -0.3 is 15.7 Å². The van der Waals surface area contributed by atoms with E-state index >= 15 is 0 Å². The van der Waals surface area contributed by atoms with E-state index in [-0.39, 0.29) is 24.3 Å².